The quantitative estimate of drug-likeness (QED) is 0.916. The highest BCUT2D eigenvalue weighted by molar-refractivity contribution is 5.75. The molecule has 1 atom stereocenters. The summed E-state index contributed by atoms with van der Waals surface area (Å²) in [6.07, 6.45) is 3.64. The standard InChI is InChI=1S/C16H25N3O/c1-18(2)16(20)10-6-12-19-11-5-8-14(17)13-7-3-4-9-15(13)19/h3-4,7,9,14H,5-6,8,10-12,17H2,1-2H3. The smallest absolute Gasteiger partial charge is 0.222 e. The fourth-order valence-electron chi connectivity index (χ4n) is 2.74. The number of fused-ring (bicyclic) bond motifs is 1. The molecular formula is C16H25N3O. The molecule has 1 amide bonds. The predicted octanol–water partition coefficient (Wildman–Crippen LogP) is 2.16. The Morgan fingerprint density at radius 1 is 1.40 bits per heavy atom. The lowest BCUT2D eigenvalue weighted by atomic mass is 10.0. The molecule has 20 heavy (non-hydrogen) atoms. The molecule has 2 N–H and O–H groups in total. The molecule has 4 nitrogen and oxygen atoms in total. The molecule has 0 aliphatic carbocycles. The first kappa shape index (κ1) is 14.9. The van der Waals surface area contributed by atoms with E-state index in [1.54, 1.807) is 4.90 Å². The highest BCUT2D eigenvalue weighted by atomic mass is 16.2. The van der Waals surface area contributed by atoms with Gasteiger partial charge in [-0.2, -0.15) is 0 Å². The van der Waals surface area contributed by atoms with Crippen LogP contribution in [-0.2, 0) is 4.79 Å². The molecule has 0 radical (unpaired) electrons. The molecule has 0 saturated carbocycles. The van der Waals surface area contributed by atoms with Gasteiger partial charge < -0.3 is 15.5 Å². The number of amides is 1. The molecule has 2 rings (SSSR count). The van der Waals surface area contributed by atoms with Gasteiger partial charge in [-0.25, -0.2) is 0 Å². The topological polar surface area (TPSA) is 49.6 Å². The van der Waals surface area contributed by atoms with Crippen LogP contribution >= 0.6 is 0 Å². The van der Waals surface area contributed by atoms with Gasteiger partial charge in [-0.05, 0) is 30.9 Å². The number of anilines is 1. The minimum Gasteiger partial charge on any atom is -0.371 e. The van der Waals surface area contributed by atoms with Crippen LogP contribution in [0.3, 0.4) is 0 Å². The van der Waals surface area contributed by atoms with Crippen molar-refractivity contribution in [3.8, 4) is 0 Å². The monoisotopic (exact) mass is 275 g/mol. The Bertz CT molecular complexity index is 459. The van der Waals surface area contributed by atoms with Crippen molar-refractivity contribution < 1.29 is 4.79 Å². The third kappa shape index (κ3) is 3.51. The summed E-state index contributed by atoms with van der Waals surface area (Å²) in [7, 11) is 3.62. The van der Waals surface area contributed by atoms with Gasteiger partial charge in [-0.15, -0.1) is 0 Å². The van der Waals surface area contributed by atoms with Crippen LogP contribution in [0.25, 0.3) is 0 Å². The summed E-state index contributed by atoms with van der Waals surface area (Å²) >= 11 is 0. The summed E-state index contributed by atoms with van der Waals surface area (Å²) in [5.74, 6) is 0.199. The lowest BCUT2D eigenvalue weighted by Gasteiger charge is -2.25. The zero-order valence-electron chi connectivity index (χ0n) is 12.5. The number of nitrogens with zero attached hydrogens (tertiary/aromatic N) is 2. The van der Waals surface area contributed by atoms with Gasteiger partial charge in [-0.3, -0.25) is 4.79 Å². The van der Waals surface area contributed by atoms with Gasteiger partial charge in [0, 0.05) is 45.3 Å². The van der Waals surface area contributed by atoms with E-state index in [0.29, 0.717) is 6.42 Å². The number of rotatable bonds is 4. The van der Waals surface area contributed by atoms with E-state index in [4.69, 9.17) is 5.73 Å². The fourth-order valence-corrected chi connectivity index (χ4v) is 2.74. The van der Waals surface area contributed by atoms with Crippen molar-refractivity contribution in [1.29, 1.82) is 0 Å². The Hall–Kier alpha value is -1.55. The van der Waals surface area contributed by atoms with Crippen molar-refractivity contribution in [3.63, 3.8) is 0 Å². The molecule has 110 valence electrons. The molecule has 1 aromatic rings. The summed E-state index contributed by atoms with van der Waals surface area (Å²) in [6.45, 7) is 1.95. The third-order valence-electron chi connectivity index (χ3n) is 3.94. The van der Waals surface area contributed by atoms with Crippen LogP contribution in [0, 0.1) is 0 Å². The van der Waals surface area contributed by atoms with Crippen molar-refractivity contribution in [3.05, 3.63) is 29.8 Å². The Kier molecular flexibility index (Phi) is 5.01. The Morgan fingerprint density at radius 3 is 2.90 bits per heavy atom. The zero-order chi connectivity index (χ0) is 14.5. The first-order valence-electron chi connectivity index (χ1n) is 7.39. The summed E-state index contributed by atoms with van der Waals surface area (Å²) in [4.78, 5) is 15.7. The van der Waals surface area contributed by atoms with E-state index in [1.807, 2.05) is 14.1 Å². The number of hydrogen-bond acceptors (Lipinski definition) is 3. The molecule has 0 aromatic heterocycles. The Balaban J connectivity index is 2.01. The predicted molar refractivity (Wildman–Crippen MR) is 82.7 cm³/mol. The van der Waals surface area contributed by atoms with Crippen LogP contribution in [0.5, 0.6) is 0 Å². The first-order chi connectivity index (χ1) is 9.59. The molecular weight excluding hydrogens is 250 g/mol. The number of carbonyl (C=O) groups is 1. The maximum Gasteiger partial charge on any atom is 0.222 e. The SMILES string of the molecule is CN(C)C(=O)CCCN1CCCC(N)c2ccccc21. The summed E-state index contributed by atoms with van der Waals surface area (Å²) in [6, 6.07) is 8.53. The molecule has 1 aliphatic rings. The summed E-state index contributed by atoms with van der Waals surface area (Å²) in [5.41, 5.74) is 8.72. The van der Waals surface area contributed by atoms with E-state index in [2.05, 4.69) is 29.2 Å². The second-order valence-electron chi connectivity index (χ2n) is 5.69. The average molecular weight is 275 g/mol. The highest BCUT2D eigenvalue weighted by Crippen LogP contribution is 2.31. The molecule has 1 aromatic carbocycles. The highest BCUT2D eigenvalue weighted by Gasteiger charge is 2.19. The maximum atomic E-state index is 11.6. The Morgan fingerprint density at radius 2 is 2.15 bits per heavy atom. The average Bonchev–Trinajstić information content (AvgIpc) is 2.59. The van der Waals surface area contributed by atoms with Crippen molar-refractivity contribution in [2.24, 2.45) is 5.73 Å². The van der Waals surface area contributed by atoms with E-state index in [9.17, 15) is 4.79 Å². The molecule has 0 spiro atoms. The van der Waals surface area contributed by atoms with E-state index >= 15 is 0 Å². The van der Waals surface area contributed by atoms with Crippen LogP contribution in [0.2, 0.25) is 0 Å². The van der Waals surface area contributed by atoms with Crippen molar-refractivity contribution in [1.82, 2.24) is 4.90 Å². The van der Waals surface area contributed by atoms with Gasteiger partial charge in [0.25, 0.3) is 0 Å². The number of hydrogen-bond donors (Lipinski definition) is 1. The van der Waals surface area contributed by atoms with E-state index < -0.39 is 0 Å². The molecule has 4 heteroatoms. The molecule has 0 bridgehead atoms. The molecule has 0 saturated heterocycles. The van der Waals surface area contributed by atoms with Crippen LogP contribution < -0.4 is 10.6 Å². The number of para-hydroxylation sites is 1. The van der Waals surface area contributed by atoms with Crippen molar-refractivity contribution in [2.45, 2.75) is 31.7 Å². The second-order valence-corrected chi connectivity index (χ2v) is 5.69. The van der Waals surface area contributed by atoms with Gasteiger partial charge >= 0.3 is 0 Å². The molecule has 1 heterocycles. The normalized spacial score (nSPS) is 18.4. The molecule has 1 aliphatic heterocycles. The van der Waals surface area contributed by atoms with Gasteiger partial charge in [0.15, 0.2) is 0 Å². The van der Waals surface area contributed by atoms with Crippen molar-refractivity contribution >= 4 is 11.6 Å². The van der Waals surface area contributed by atoms with Crippen LogP contribution in [0.15, 0.2) is 24.3 Å². The lowest BCUT2D eigenvalue weighted by molar-refractivity contribution is -0.128. The van der Waals surface area contributed by atoms with Crippen LogP contribution in [0.4, 0.5) is 5.69 Å². The largest absolute Gasteiger partial charge is 0.371 e. The van der Waals surface area contributed by atoms with E-state index in [-0.39, 0.29) is 11.9 Å². The number of nitrogens with two attached hydrogens (primary N) is 1. The zero-order valence-corrected chi connectivity index (χ0v) is 12.5. The third-order valence-corrected chi connectivity index (χ3v) is 3.94. The summed E-state index contributed by atoms with van der Waals surface area (Å²) in [5, 5.41) is 0. The van der Waals surface area contributed by atoms with Gasteiger partial charge in [0.1, 0.15) is 0 Å². The fraction of sp³-hybridized carbons (Fsp3) is 0.562. The molecule has 1 unspecified atom stereocenters. The maximum absolute atomic E-state index is 11.6. The number of benzene rings is 1. The van der Waals surface area contributed by atoms with E-state index in [1.165, 1.54) is 11.3 Å². The second kappa shape index (κ2) is 6.75. The van der Waals surface area contributed by atoms with Crippen LogP contribution in [0.1, 0.15) is 37.3 Å². The summed E-state index contributed by atoms with van der Waals surface area (Å²) < 4.78 is 0. The minimum atomic E-state index is 0.139. The number of carbonyl (C=O) groups excluding carboxylic acids is 1. The van der Waals surface area contributed by atoms with Crippen molar-refractivity contribution in [2.75, 3.05) is 32.1 Å². The molecule has 0 fully saturated rings. The minimum absolute atomic E-state index is 0.139. The van der Waals surface area contributed by atoms with Gasteiger partial charge in [0.05, 0.1) is 0 Å². The lowest BCUT2D eigenvalue weighted by Crippen LogP contribution is -2.27. The van der Waals surface area contributed by atoms with Crippen LogP contribution in [-0.4, -0.2) is 38.0 Å². The van der Waals surface area contributed by atoms with E-state index in [0.717, 1.165) is 32.4 Å². The Labute approximate surface area is 121 Å². The van der Waals surface area contributed by atoms with Gasteiger partial charge in [-0.1, -0.05) is 18.2 Å². The first-order valence-corrected chi connectivity index (χ1v) is 7.39. The van der Waals surface area contributed by atoms with Gasteiger partial charge in [0.2, 0.25) is 5.91 Å².